The highest BCUT2D eigenvalue weighted by molar-refractivity contribution is 7.21. The fraction of sp³-hybridized carbons (Fsp3) is 0.250. The van der Waals surface area contributed by atoms with Crippen molar-refractivity contribution in [2.75, 3.05) is 49.2 Å². The Morgan fingerprint density at radius 1 is 1.09 bits per heavy atom. The molecule has 0 aliphatic carbocycles. The first kappa shape index (κ1) is 22.1. The lowest BCUT2D eigenvalue weighted by Crippen LogP contribution is -2.36. The molecule has 0 saturated carbocycles. The number of benzene rings is 1. The summed E-state index contributed by atoms with van der Waals surface area (Å²) in [5, 5.41) is 3.02. The summed E-state index contributed by atoms with van der Waals surface area (Å²) in [5.41, 5.74) is 16.5. The number of nitrogens with one attached hydrogen (secondary N) is 1. The van der Waals surface area contributed by atoms with Crippen LogP contribution in [0.25, 0.3) is 21.5 Å². The van der Waals surface area contributed by atoms with E-state index in [-0.39, 0.29) is 11.9 Å². The number of rotatable bonds is 6. The van der Waals surface area contributed by atoms with Crippen molar-refractivity contribution in [1.82, 2.24) is 20.3 Å². The number of aromatic nitrogens is 3. The fourth-order valence-corrected chi connectivity index (χ4v) is 4.92. The van der Waals surface area contributed by atoms with Crippen molar-refractivity contribution >= 4 is 44.8 Å². The molecule has 1 aromatic carbocycles. The van der Waals surface area contributed by atoms with Gasteiger partial charge in [0.15, 0.2) is 0 Å². The molecule has 34 heavy (non-hydrogen) atoms. The molecule has 174 valence electrons. The van der Waals surface area contributed by atoms with Crippen LogP contribution in [0.3, 0.4) is 0 Å². The number of carbonyl (C=O) groups excluding carboxylic acids is 1. The van der Waals surface area contributed by atoms with Gasteiger partial charge in [-0.1, -0.05) is 12.1 Å². The normalized spacial score (nSPS) is 13.8. The van der Waals surface area contributed by atoms with Crippen LogP contribution < -0.4 is 21.7 Å². The molecule has 0 unspecified atom stereocenters. The van der Waals surface area contributed by atoms with Crippen molar-refractivity contribution in [3.63, 3.8) is 0 Å². The van der Waals surface area contributed by atoms with Crippen molar-refractivity contribution in [1.29, 1.82) is 0 Å². The molecule has 1 aliphatic heterocycles. The smallest absolute Gasteiger partial charge is 0.261 e. The number of hydrogen-bond acceptors (Lipinski definition) is 9. The maximum atomic E-state index is 12.9. The predicted octanol–water partition coefficient (Wildman–Crippen LogP) is 2.73. The molecular formula is C24H25N7O2S. The first-order valence-electron chi connectivity index (χ1n) is 11.0. The molecule has 0 radical (unpaired) electrons. The van der Waals surface area contributed by atoms with Crippen LogP contribution in [0.5, 0.6) is 0 Å². The molecule has 4 aromatic rings. The zero-order valence-corrected chi connectivity index (χ0v) is 19.3. The molecule has 1 amide bonds. The summed E-state index contributed by atoms with van der Waals surface area (Å²) in [6.07, 6.45) is 4.06. The summed E-state index contributed by atoms with van der Waals surface area (Å²) in [7, 11) is 0. The van der Waals surface area contributed by atoms with E-state index in [1.165, 1.54) is 11.3 Å². The van der Waals surface area contributed by atoms with E-state index in [0.717, 1.165) is 57.9 Å². The molecule has 10 heteroatoms. The number of ether oxygens (including phenoxy) is 1. The van der Waals surface area contributed by atoms with Gasteiger partial charge in [0, 0.05) is 43.3 Å². The molecule has 0 bridgehead atoms. The second kappa shape index (κ2) is 9.62. The highest BCUT2D eigenvalue weighted by Gasteiger charge is 2.20. The Morgan fingerprint density at radius 2 is 1.82 bits per heavy atom. The Bertz CT molecular complexity index is 1300. The number of thiophene rings is 1. The summed E-state index contributed by atoms with van der Waals surface area (Å²) < 4.78 is 6.51. The monoisotopic (exact) mass is 475 g/mol. The van der Waals surface area contributed by atoms with Crippen LogP contribution in [-0.2, 0) is 11.2 Å². The van der Waals surface area contributed by atoms with Crippen LogP contribution in [0.2, 0.25) is 0 Å². The number of nitrogens with two attached hydrogens (primary N) is 2. The van der Waals surface area contributed by atoms with Crippen LogP contribution >= 0.6 is 11.3 Å². The van der Waals surface area contributed by atoms with Gasteiger partial charge in [-0.15, -0.1) is 11.3 Å². The minimum absolute atomic E-state index is 0.108. The third-order valence-electron chi connectivity index (χ3n) is 5.68. The number of anilines is 3. The van der Waals surface area contributed by atoms with Crippen molar-refractivity contribution in [2.45, 2.75) is 6.42 Å². The first-order chi connectivity index (χ1) is 16.6. The lowest BCUT2D eigenvalue weighted by atomic mass is 10.1. The van der Waals surface area contributed by atoms with Crippen LogP contribution in [0.15, 0.2) is 48.8 Å². The third-order valence-corrected chi connectivity index (χ3v) is 6.83. The first-order valence-corrected chi connectivity index (χ1v) is 11.9. The summed E-state index contributed by atoms with van der Waals surface area (Å²) in [4.78, 5) is 28.8. The van der Waals surface area contributed by atoms with Crippen LogP contribution in [0.1, 0.15) is 15.2 Å². The number of carbonyl (C=O) groups is 1. The van der Waals surface area contributed by atoms with E-state index in [1.807, 2.05) is 36.4 Å². The van der Waals surface area contributed by atoms with Gasteiger partial charge >= 0.3 is 0 Å². The number of nitrogen functional groups attached to an aromatic ring is 2. The molecule has 4 heterocycles. The van der Waals surface area contributed by atoms with E-state index in [1.54, 1.807) is 12.4 Å². The topological polar surface area (TPSA) is 132 Å². The van der Waals surface area contributed by atoms with E-state index in [9.17, 15) is 4.79 Å². The standard InChI is InChI=1S/C24H25N7O2S/c25-17-3-1-15(2-4-17)5-6-27-23(32)21-12-19-22(34-21)20(31-7-9-33-10-8-31)11-18(30-19)16-13-28-24(26)29-14-16/h1-4,11-14H,5-10,25H2,(H,27,32)(H2,26,28,29). The third kappa shape index (κ3) is 4.78. The van der Waals surface area contributed by atoms with E-state index >= 15 is 0 Å². The average Bonchev–Trinajstić information content (AvgIpc) is 3.30. The molecule has 5 N–H and O–H groups in total. The molecule has 1 fully saturated rings. The maximum absolute atomic E-state index is 12.9. The SMILES string of the molecule is Nc1ccc(CCNC(=O)c2cc3nc(-c4cnc(N)nc4)cc(N4CCOCC4)c3s2)cc1. The molecule has 0 atom stereocenters. The van der Waals surface area contributed by atoms with Gasteiger partial charge in [0.25, 0.3) is 5.91 Å². The number of pyridine rings is 1. The Kier molecular flexibility index (Phi) is 6.24. The number of hydrogen-bond donors (Lipinski definition) is 3. The minimum atomic E-state index is -0.108. The van der Waals surface area contributed by atoms with E-state index in [4.69, 9.17) is 21.2 Å². The molecule has 1 aliphatic rings. The number of nitrogens with zero attached hydrogens (tertiary/aromatic N) is 4. The molecule has 5 rings (SSSR count). The Morgan fingerprint density at radius 3 is 2.56 bits per heavy atom. The van der Waals surface area contributed by atoms with Gasteiger partial charge in [0.1, 0.15) is 0 Å². The molecule has 9 nitrogen and oxygen atoms in total. The highest BCUT2D eigenvalue weighted by atomic mass is 32.1. The van der Waals surface area contributed by atoms with Gasteiger partial charge < -0.3 is 26.4 Å². The van der Waals surface area contributed by atoms with Crippen molar-refractivity contribution in [3.8, 4) is 11.3 Å². The zero-order valence-electron chi connectivity index (χ0n) is 18.5. The molecule has 0 spiro atoms. The van der Waals surface area contributed by atoms with E-state index < -0.39 is 0 Å². The van der Waals surface area contributed by atoms with E-state index in [2.05, 4.69) is 20.2 Å². The largest absolute Gasteiger partial charge is 0.399 e. The van der Waals surface area contributed by atoms with Gasteiger partial charge in [-0.3, -0.25) is 4.79 Å². The summed E-state index contributed by atoms with van der Waals surface area (Å²) in [6.45, 7) is 3.41. The second-order valence-electron chi connectivity index (χ2n) is 8.03. The van der Waals surface area contributed by atoms with Crippen molar-refractivity contribution in [2.24, 2.45) is 0 Å². The Labute approximate surface area is 200 Å². The second-order valence-corrected chi connectivity index (χ2v) is 9.08. The summed E-state index contributed by atoms with van der Waals surface area (Å²) >= 11 is 1.46. The summed E-state index contributed by atoms with van der Waals surface area (Å²) in [6, 6.07) is 11.6. The van der Waals surface area contributed by atoms with E-state index in [0.29, 0.717) is 24.6 Å². The average molecular weight is 476 g/mol. The summed E-state index contributed by atoms with van der Waals surface area (Å²) in [5.74, 6) is 0.107. The number of fused-ring (bicyclic) bond motifs is 1. The van der Waals surface area contributed by atoms with Gasteiger partial charge in [-0.25, -0.2) is 15.0 Å². The number of amides is 1. The molecule has 1 saturated heterocycles. The molecular weight excluding hydrogens is 450 g/mol. The van der Waals surface area contributed by atoms with Crippen molar-refractivity contribution < 1.29 is 9.53 Å². The Balaban J connectivity index is 1.42. The van der Waals surface area contributed by atoms with Gasteiger partial charge in [-0.2, -0.15) is 0 Å². The lowest BCUT2D eigenvalue weighted by molar-refractivity contribution is 0.0958. The molecule has 3 aromatic heterocycles. The quantitative estimate of drug-likeness (QED) is 0.363. The maximum Gasteiger partial charge on any atom is 0.261 e. The van der Waals surface area contributed by atoms with Crippen LogP contribution in [0.4, 0.5) is 17.3 Å². The van der Waals surface area contributed by atoms with Gasteiger partial charge in [0.05, 0.1) is 39.7 Å². The van der Waals surface area contributed by atoms with Gasteiger partial charge in [0.2, 0.25) is 5.95 Å². The van der Waals surface area contributed by atoms with Crippen molar-refractivity contribution in [3.05, 3.63) is 59.2 Å². The highest BCUT2D eigenvalue weighted by Crippen LogP contribution is 2.36. The van der Waals surface area contributed by atoms with Crippen LogP contribution in [-0.4, -0.2) is 53.7 Å². The minimum Gasteiger partial charge on any atom is -0.399 e. The van der Waals surface area contributed by atoms with Crippen LogP contribution in [0, 0.1) is 0 Å². The predicted molar refractivity (Wildman–Crippen MR) is 135 cm³/mol. The number of morpholine rings is 1. The zero-order chi connectivity index (χ0) is 23.5. The fourth-order valence-electron chi connectivity index (χ4n) is 3.87. The lowest BCUT2D eigenvalue weighted by Gasteiger charge is -2.29. The van der Waals surface area contributed by atoms with Gasteiger partial charge in [-0.05, 0) is 36.2 Å². The Hall–Kier alpha value is -3.76.